The normalized spacial score (nSPS) is 11.0. The van der Waals surface area contributed by atoms with Crippen LogP contribution in [0.4, 0.5) is 0 Å². The fourth-order valence-electron chi connectivity index (χ4n) is 2.41. The maximum absolute atomic E-state index is 12.4. The Morgan fingerprint density at radius 1 is 1.14 bits per heavy atom. The van der Waals surface area contributed by atoms with Gasteiger partial charge in [0.1, 0.15) is 17.0 Å². The Hall–Kier alpha value is -2.76. The van der Waals surface area contributed by atoms with Gasteiger partial charge in [-0.2, -0.15) is 5.10 Å². The van der Waals surface area contributed by atoms with Gasteiger partial charge in [0.25, 0.3) is 11.1 Å². The van der Waals surface area contributed by atoms with E-state index in [-0.39, 0.29) is 22.0 Å². The molecule has 3 aromatic rings. The first-order valence-electron chi connectivity index (χ1n) is 7.25. The first-order chi connectivity index (χ1) is 10.7. The van der Waals surface area contributed by atoms with Crippen LogP contribution in [-0.2, 0) is 13.0 Å². The summed E-state index contributed by atoms with van der Waals surface area (Å²) in [7, 11) is 0. The lowest BCUT2D eigenvalue weighted by Gasteiger charge is -2.09. The second-order valence-electron chi connectivity index (χ2n) is 4.93. The van der Waals surface area contributed by atoms with Crippen molar-refractivity contribution in [3.05, 3.63) is 56.9 Å². The first kappa shape index (κ1) is 14.2. The number of fused-ring (bicyclic) bond motifs is 1. The van der Waals surface area contributed by atoms with E-state index in [9.17, 15) is 9.59 Å². The van der Waals surface area contributed by atoms with Crippen LogP contribution in [0.2, 0.25) is 0 Å². The molecule has 3 rings (SSSR count). The van der Waals surface area contributed by atoms with Gasteiger partial charge in [0.05, 0.1) is 5.39 Å². The summed E-state index contributed by atoms with van der Waals surface area (Å²) in [6, 6.07) is 9.34. The number of aromatic nitrogens is 4. The van der Waals surface area contributed by atoms with Crippen molar-refractivity contribution in [3.63, 3.8) is 0 Å². The van der Waals surface area contributed by atoms with Crippen LogP contribution >= 0.6 is 0 Å². The van der Waals surface area contributed by atoms with Crippen LogP contribution in [0.25, 0.3) is 22.2 Å². The van der Waals surface area contributed by atoms with Gasteiger partial charge in [-0.3, -0.25) is 9.59 Å². The molecule has 22 heavy (non-hydrogen) atoms. The van der Waals surface area contributed by atoms with Crippen molar-refractivity contribution >= 4 is 10.9 Å². The van der Waals surface area contributed by atoms with Gasteiger partial charge in [0, 0.05) is 18.5 Å². The molecule has 0 atom stereocenters. The lowest BCUT2D eigenvalue weighted by atomic mass is 10.1. The maximum atomic E-state index is 12.4. The highest BCUT2D eigenvalue weighted by atomic mass is 16.1. The largest absolute Gasteiger partial charge is 0.310 e. The van der Waals surface area contributed by atoms with Gasteiger partial charge in [-0.15, -0.1) is 0 Å². The van der Waals surface area contributed by atoms with Crippen molar-refractivity contribution in [1.82, 2.24) is 19.7 Å². The second kappa shape index (κ2) is 5.55. The molecule has 112 valence electrons. The molecule has 2 heterocycles. The lowest BCUT2D eigenvalue weighted by molar-refractivity contribution is 0.624. The molecule has 0 amide bonds. The van der Waals surface area contributed by atoms with E-state index in [0.717, 1.165) is 5.56 Å². The minimum atomic E-state index is -0.335. The molecule has 0 aliphatic carbocycles. The Labute approximate surface area is 126 Å². The zero-order valence-corrected chi connectivity index (χ0v) is 12.5. The monoisotopic (exact) mass is 296 g/mol. The molecule has 0 aliphatic rings. The summed E-state index contributed by atoms with van der Waals surface area (Å²) in [5.74, 6) is 0.502. The molecule has 0 bridgehead atoms. The van der Waals surface area contributed by atoms with Crippen LogP contribution in [0.15, 0.2) is 39.9 Å². The SMILES string of the molecule is CCc1nc2c(=O)n(CC)nc(-c3ccccc3)c2c(=O)[nH]1. The molecule has 0 aliphatic heterocycles. The molecular weight excluding hydrogens is 280 g/mol. The third-order valence-corrected chi connectivity index (χ3v) is 3.54. The molecule has 6 heteroatoms. The Morgan fingerprint density at radius 2 is 1.86 bits per heavy atom. The van der Waals surface area contributed by atoms with Gasteiger partial charge in [0.2, 0.25) is 0 Å². The highest BCUT2D eigenvalue weighted by molar-refractivity contribution is 5.90. The van der Waals surface area contributed by atoms with Crippen LogP contribution in [-0.4, -0.2) is 19.7 Å². The molecule has 0 unspecified atom stereocenters. The minimum absolute atomic E-state index is 0.177. The van der Waals surface area contributed by atoms with Gasteiger partial charge in [0.15, 0.2) is 0 Å². The fraction of sp³-hybridized carbons (Fsp3) is 0.250. The van der Waals surface area contributed by atoms with E-state index in [4.69, 9.17) is 0 Å². The third kappa shape index (κ3) is 2.22. The molecule has 0 saturated heterocycles. The number of H-pyrrole nitrogens is 1. The molecular formula is C16H16N4O2. The number of aryl methyl sites for hydroxylation is 2. The number of hydrogen-bond donors (Lipinski definition) is 1. The van der Waals surface area contributed by atoms with Crippen LogP contribution in [0.5, 0.6) is 0 Å². The minimum Gasteiger partial charge on any atom is -0.310 e. The number of nitrogens with zero attached hydrogens (tertiary/aromatic N) is 3. The summed E-state index contributed by atoms with van der Waals surface area (Å²) in [5.41, 5.74) is 0.780. The van der Waals surface area contributed by atoms with E-state index in [1.54, 1.807) is 0 Å². The molecule has 0 radical (unpaired) electrons. The first-order valence-corrected chi connectivity index (χ1v) is 7.25. The number of benzene rings is 1. The summed E-state index contributed by atoms with van der Waals surface area (Å²) in [6.45, 7) is 4.13. The van der Waals surface area contributed by atoms with E-state index >= 15 is 0 Å². The molecule has 0 fully saturated rings. The fourth-order valence-corrected chi connectivity index (χ4v) is 2.41. The van der Waals surface area contributed by atoms with Crippen molar-refractivity contribution in [2.45, 2.75) is 26.8 Å². The molecule has 6 nitrogen and oxygen atoms in total. The van der Waals surface area contributed by atoms with Crippen LogP contribution in [0.1, 0.15) is 19.7 Å². The topological polar surface area (TPSA) is 80.6 Å². The van der Waals surface area contributed by atoms with Gasteiger partial charge in [-0.05, 0) is 6.92 Å². The van der Waals surface area contributed by atoms with E-state index < -0.39 is 0 Å². The Kier molecular flexibility index (Phi) is 3.58. The third-order valence-electron chi connectivity index (χ3n) is 3.54. The molecule has 0 spiro atoms. The average Bonchev–Trinajstić information content (AvgIpc) is 2.56. The van der Waals surface area contributed by atoms with Crippen molar-refractivity contribution in [3.8, 4) is 11.3 Å². The predicted octanol–water partition coefficient (Wildman–Crippen LogP) is 1.73. The Morgan fingerprint density at radius 3 is 2.50 bits per heavy atom. The van der Waals surface area contributed by atoms with Crippen LogP contribution in [0, 0.1) is 0 Å². The molecule has 0 saturated carbocycles. The summed E-state index contributed by atoms with van der Waals surface area (Å²) in [4.78, 5) is 31.9. The second-order valence-corrected chi connectivity index (χ2v) is 4.93. The standard InChI is InChI=1S/C16H16N4O2/c1-3-11-17-14-12(15(21)18-11)13(10-8-6-5-7-9-10)19-20(4-2)16(14)22/h5-9H,3-4H2,1-2H3,(H,17,18,21). The zero-order valence-electron chi connectivity index (χ0n) is 12.5. The highest BCUT2D eigenvalue weighted by Gasteiger charge is 2.16. The van der Waals surface area contributed by atoms with Crippen LogP contribution < -0.4 is 11.1 Å². The van der Waals surface area contributed by atoms with E-state index in [1.165, 1.54) is 4.68 Å². The van der Waals surface area contributed by atoms with E-state index in [2.05, 4.69) is 15.1 Å². The maximum Gasteiger partial charge on any atom is 0.293 e. The van der Waals surface area contributed by atoms with Gasteiger partial charge < -0.3 is 4.98 Å². The molecule has 2 aromatic heterocycles. The van der Waals surface area contributed by atoms with Crippen LogP contribution in [0.3, 0.4) is 0 Å². The summed E-state index contributed by atoms with van der Waals surface area (Å²) >= 11 is 0. The van der Waals surface area contributed by atoms with Crippen molar-refractivity contribution in [1.29, 1.82) is 0 Å². The quantitative estimate of drug-likeness (QED) is 0.798. The Bertz CT molecular complexity index is 942. The van der Waals surface area contributed by atoms with E-state index in [0.29, 0.717) is 24.5 Å². The summed E-state index contributed by atoms with van der Waals surface area (Å²) in [6.07, 6.45) is 0.555. The van der Waals surface area contributed by atoms with Crippen molar-refractivity contribution < 1.29 is 0 Å². The summed E-state index contributed by atoms with van der Waals surface area (Å²) in [5, 5.41) is 4.60. The number of aromatic amines is 1. The Balaban J connectivity index is 2.50. The van der Waals surface area contributed by atoms with Gasteiger partial charge in [-0.25, -0.2) is 9.67 Å². The zero-order chi connectivity index (χ0) is 15.7. The highest BCUT2D eigenvalue weighted by Crippen LogP contribution is 2.20. The summed E-state index contributed by atoms with van der Waals surface area (Å²) < 4.78 is 1.34. The van der Waals surface area contributed by atoms with Gasteiger partial charge in [-0.1, -0.05) is 37.3 Å². The van der Waals surface area contributed by atoms with E-state index in [1.807, 2.05) is 44.2 Å². The smallest absolute Gasteiger partial charge is 0.293 e. The molecule has 1 N–H and O–H groups in total. The molecule has 1 aromatic carbocycles. The van der Waals surface area contributed by atoms with Crippen molar-refractivity contribution in [2.75, 3.05) is 0 Å². The average molecular weight is 296 g/mol. The predicted molar refractivity (Wildman–Crippen MR) is 84.9 cm³/mol. The van der Waals surface area contributed by atoms with Gasteiger partial charge >= 0.3 is 0 Å². The number of nitrogens with one attached hydrogen (secondary N) is 1. The number of hydrogen-bond acceptors (Lipinski definition) is 4. The van der Waals surface area contributed by atoms with Crippen molar-refractivity contribution in [2.24, 2.45) is 0 Å². The lowest BCUT2D eigenvalue weighted by Crippen LogP contribution is -2.27. The number of rotatable bonds is 3.